The number of amides is 1. The lowest BCUT2D eigenvalue weighted by Gasteiger charge is -2.37. The highest BCUT2D eigenvalue weighted by Crippen LogP contribution is 2.17. The van der Waals surface area contributed by atoms with Gasteiger partial charge in [-0.1, -0.05) is 29.8 Å². The minimum Gasteiger partial charge on any atom is -0.368 e. The zero-order valence-corrected chi connectivity index (χ0v) is 16.6. The quantitative estimate of drug-likeness (QED) is 0.826. The summed E-state index contributed by atoms with van der Waals surface area (Å²) in [5.41, 5.74) is 1.13. The molecule has 8 heteroatoms. The molecular weight excluding hydrogens is 386 g/mol. The molecular formula is C19H22ClN3O3S. The fourth-order valence-corrected chi connectivity index (χ4v) is 4.39. The Morgan fingerprint density at radius 3 is 2.19 bits per heavy atom. The molecule has 1 N–H and O–H groups in total. The Labute approximate surface area is 164 Å². The number of sulfonamides is 1. The summed E-state index contributed by atoms with van der Waals surface area (Å²) in [4.78, 5) is 16.7. The number of carbonyl (C=O) groups excluding carboxylic acids is 1. The van der Waals surface area contributed by atoms with Crippen molar-refractivity contribution in [3.63, 3.8) is 0 Å². The highest BCUT2D eigenvalue weighted by Gasteiger charge is 2.28. The molecule has 0 saturated carbocycles. The van der Waals surface area contributed by atoms with Crippen LogP contribution in [0.5, 0.6) is 0 Å². The molecule has 1 fully saturated rings. The van der Waals surface area contributed by atoms with E-state index in [1.165, 1.54) is 24.3 Å². The Morgan fingerprint density at radius 1 is 1.00 bits per heavy atom. The van der Waals surface area contributed by atoms with E-state index in [-0.39, 0.29) is 10.8 Å². The predicted molar refractivity (Wildman–Crippen MR) is 106 cm³/mol. The fourth-order valence-electron chi connectivity index (χ4n) is 3.06. The van der Waals surface area contributed by atoms with Gasteiger partial charge in [-0.2, -0.15) is 4.72 Å². The molecule has 0 aliphatic carbocycles. The largest absolute Gasteiger partial charge is 0.368 e. The van der Waals surface area contributed by atoms with E-state index in [1.807, 2.05) is 30.3 Å². The van der Waals surface area contributed by atoms with Crippen LogP contribution in [0.3, 0.4) is 0 Å². The number of benzene rings is 2. The molecule has 3 rings (SSSR count). The van der Waals surface area contributed by atoms with Crippen LogP contribution in [0.4, 0.5) is 5.69 Å². The standard InChI is InChI=1S/C19H22ClN3O3S/c1-15(21-27(25,26)18-9-7-16(20)8-10-18)19(24)23-13-11-22(12-14-23)17-5-3-2-4-6-17/h2-10,15,21H,11-14H2,1H3. The Balaban J connectivity index is 1.59. The summed E-state index contributed by atoms with van der Waals surface area (Å²) in [6.45, 7) is 4.11. The van der Waals surface area contributed by atoms with Crippen LogP contribution in [0, 0.1) is 0 Å². The molecule has 144 valence electrons. The molecule has 0 spiro atoms. The number of nitrogens with zero attached hydrogens (tertiary/aromatic N) is 2. The van der Waals surface area contributed by atoms with Crippen LogP contribution in [-0.2, 0) is 14.8 Å². The SMILES string of the molecule is CC(NS(=O)(=O)c1ccc(Cl)cc1)C(=O)N1CCN(c2ccccc2)CC1. The maximum atomic E-state index is 12.7. The van der Waals surface area contributed by atoms with Crippen molar-refractivity contribution in [2.75, 3.05) is 31.1 Å². The average Bonchev–Trinajstić information content (AvgIpc) is 2.68. The summed E-state index contributed by atoms with van der Waals surface area (Å²) in [5, 5.41) is 0.453. The zero-order valence-electron chi connectivity index (χ0n) is 15.0. The van der Waals surface area contributed by atoms with Crippen molar-refractivity contribution in [1.29, 1.82) is 0 Å². The van der Waals surface area contributed by atoms with Gasteiger partial charge < -0.3 is 9.80 Å². The molecule has 6 nitrogen and oxygen atoms in total. The molecule has 0 aromatic heterocycles. The van der Waals surface area contributed by atoms with E-state index in [2.05, 4.69) is 9.62 Å². The first-order valence-corrected chi connectivity index (χ1v) is 10.6. The molecule has 0 radical (unpaired) electrons. The first-order chi connectivity index (χ1) is 12.9. The van der Waals surface area contributed by atoms with Gasteiger partial charge in [-0.3, -0.25) is 4.79 Å². The van der Waals surface area contributed by atoms with Gasteiger partial charge in [-0.05, 0) is 43.3 Å². The van der Waals surface area contributed by atoms with Crippen LogP contribution >= 0.6 is 11.6 Å². The normalized spacial score (nSPS) is 16.2. The average molecular weight is 408 g/mol. The van der Waals surface area contributed by atoms with Crippen LogP contribution in [0.25, 0.3) is 0 Å². The van der Waals surface area contributed by atoms with Crippen LogP contribution < -0.4 is 9.62 Å². The number of rotatable bonds is 5. The van der Waals surface area contributed by atoms with Crippen LogP contribution in [0.15, 0.2) is 59.5 Å². The summed E-state index contributed by atoms with van der Waals surface area (Å²) >= 11 is 5.80. The highest BCUT2D eigenvalue weighted by molar-refractivity contribution is 7.89. The molecule has 1 aliphatic heterocycles. The maximum Gasteiger partial charge on any atom is 0.241 e. The van der Waals surface area contributed by atoms with Crippen molar-refractivity contribution >= 4 is 33.2 Å². The van der Waals surface area contributed by atoms with Gasteiger partial charge >= 0.3 is 0 Å². The third-order valence-corrected chi connectivity index (χ3v) is 6.35. The smallest absolute Gasteiger partial charge is 0.241 e. The van der Waals surface area contributed by atoms with Crippen LogP contribution in [0.1, 0.15) is 6.92 Å². The van der Waals surface area contributed by atoms with Gasteiger partial charge in [-0.15, -0.1) is 0 Å². The number of piperazine rings is 1. The lowest BCUT2D eigenvalue weighted by atomic mass is 10.2. The van der Waals surface area contributed by atoms with E-state index in [4.69, 9.17) is 11.6 Å². The van der Waals surface area contributed by atoms with Gasteiger partial charge in [-0.25, -0.2) is 8.42 Å². The second kappa shape index (κ2) is 8.29. The van der Waals surface area contributed by atoms with Gasteiger partial charge in [0.15, 0.2) is 0 Å². The summed E-state index contributed by atoms with van der Waals surface area (Å²) in [5.74, 6) is -0.222. The van der Waals surface area contributed by atoms with Crippen molar-refractivity contribution in [3.05, 3.63) is 59.6 Å². The summed E-state index contributed by atoms with van der Waals surface area (Å²) in [7, 11) is -3.78. The number of halogens is 1. The predicted octanol–water partition coefficient (Wildman–Crippen LogP) is 2.36. The van der Waals surface area contributed by atoms with Crippen molar-refractivity contribution in [1.82, 2.24) is 9.62 Å². The van der Waals surface area contributed by atoms with E-state index in [9.17, 15) is 13.2 Å². The van der Waals surface area contributed by atoms with Crippen molar-refractivity contribution in [2.45, 2.75) is 17.9 Å². The minimum atomic E-state index is -3.78. The highest BCUT2D eigenvalue weighted by atomic mass is 35.5. The summed E-state index contributed by atoms with van der Waals surface area (Å²) in [6.07, 6.45) is 0. The molecule has 1 atom stereocenters. The Hall–Kier alpha value is -2.09. The van der Waals surface area contributed by atoms with Gasteiger partial charge in [0.25, 0.3) is 0 Å². The number of carbonyl (C=O) groups is 1. The molecule has 1 aliphatic rings. The molecule has 1 unspecified atom stereocenters. The maximum absolute atomic E-state index is 12.7. The number of anilines is 1. The Bertz CT molecular complexity index is 880. The van der Waals surface area contributed by atoms with E-state index in [1.54, 1.807) is 11.8 Å². The van der Waals surface area contributed by atoms with E-state index in [0.29, 0.717) is 31.2 Å². The summed E-state index contributed by atoms with van der Waals surface area (Å²) in [6, 6.07) is 15.0. The second-order valence-electron chi connectivity index (χ2n) is 6.44. The first kappa shape index (κ1) is 19.7. The molecule has 2 aromatic carbocycles. The van der Waals surface area contributed by atoms with Gasteiger partial charge in [0.2, 0.25) is 15.9 Å². The Kier molecular flexibility index (Phi) is 6.04. The monoisotopic (exact) mass is 407 g/mol. The van der Waals surface area contributed by atoms with E-state index in [0.717, 1.165) is 5.69 Å². The third-order valence-electron chi connectivity index (χ3n) is 4.54. The second-order valence-corrected chi connectivity index (χ2v) is 8.60. The molecule has 1 heterocycles. The molecule has 2 aromatic rings. The van der Waals surface area contributed by atoms with Gasteiger partial charge in [0.05, 0.1) is 10.9 Å². The first-order valence-electron chi connectivity index (χ1n) is 8.73. The summed E-state index contributed by atoms with van der Waals surface area (Å²) < 4.78 is 27.3. The van der Waals surface area contributed by atoms with Crippen LogP contribution in [-0.4, -0.2) is 51.4 Å². The van der Waals surface area contributed by atoms with Crippen LogP contribution in [0.2, 0.25) is 5.02 Å². The number of para-hydroxylation sites is 1. The minimum absolute atomic E-state index is 0.0837. The zero-order chi connectivity index (χ0) is 19.4. The number of nitrogens with one attached hydrogen (secondary N) is 1. The van der Waals surface area contributed by atoms with E-state index < -0.39 is 16.1 Å². The Morgan fingerprint density at radius 2 is 1.59 bits per heavy atom. The number of hydrogen-bond donors (Lipinski definition) is 1. The topological polar surface area (TPSA) is 69.7 Å². The molecule has 1 saturated heterocycles. The number of hydrogen-bond acceptors (Lipinski definition) is 4. The third kappa shape index (κ3) is 4.80. The lowest BCUT2D eigenvalue weighted by Crippen LogP contribution is -2.54. The lowest BCUT2D eigenvalue weighted by molar-refractivity contribution is -0.132. The van der Waals surface area contributed by atoms with E-state index >= 15 is 0 Å². The van der Waals surface area contributed by atoms with Crippen molar-refractivity contribution < 1.29 is 13.2 Å². The molecule has 27 heavy (non-hydrogen) atoms. The van der Waals surface area contributed by atoms with Crippen molar-refractivity contribution in [3.8, 4) is 0 Å². The fraction of sp³-hybridized carbons (Fsp3) is 0.316. The van der Waals surface area contributed by atoms with Gasteiger partial charge in [0.1, 0.15) is 0 Å². The molecule has 1 amide bonds. The molecule has 0 bridgehead atoms. The van der Waals surface area contributed by atoms with Gasteiger partial charge in [0, 0.05) is 36.9 Å². The van der Waals surface area contributed by atoms with Crippen molar-refractivity contribution in [2.24, 2.45) is 0 Å².